The van der Waals surface area contributed by atoms with Crippen LogP contribution in [0.25, 0.3) is 31.6 Å². The number of hydrogen-bond acceptors (Lipinski definition) is 6. The lowest BCUT2D eigenvalue weighted by atomic mass is 10.1. The van der Waals surface area contributed by atoms with Gasteiger partial charge in [0.25, 0.3) is 0 Å². The Hall–Kier alpha value is -3.10. The molecule has 0 unspecified atom stereocenters. The monoisotopic (exact) mass is 453 g/mol. The van der Waals surface area contributed by atoms with Crippen molar-refractivity contribution in [2.75, 3.05) is 25.9 Å². The number of methoxy groups -OCH3 is 1. The van der Waals surface area contributed by atoms with Gasteiger partial charge < -0.3 is 19.9 Å². The molecule has 1 fully saturated rings. The van der Waals surface area contributed by atoms with E-state index in [1.54, 1.807) is 23.3 Å². The number of rotatable bonds is 4. The van der Waals surface area contributed by atoms with Crippen LogP contribution in [-0.2, 0) is 4.79 Å². The van der Waals surface area contributed by atoms with E-state index in [9.17, 15) is 4.79 Å². The van der Waals surface area contributed by atoms with Crippen molar-refractivity contribution in [3.8, 4) is 16.2 Å². The molecule has 0 radical (unpaired) electrons. The SMILES string of the molecule is C=CC(=O)N1CC[C@H](n2cc(-c3cc4c(Cl)ccc(OC)c4s3)c3c(N)ncnc32)C1. The number of halogens is 1. The highest BCUT2D eigenvalue weighted by atomic mass is 35.5. The standard InChI is InChI=1S/C22H20ClN5O2S/c1-3-18(29)27-7-6-12(9-27)28-10-14(19-21(24)25-11-26-22(19)28)17-8-13-15(23)4-5-16(30-2)20(13)31-17/h3-5,8,10-12H,1,6-7,9H2,2H3,(H2,24,25,26)/t12-/m0/s1. The Morgan fingerprint density at radius 1 is 1.42 bits per heavy atom. The van der Waals surface area contributed by atoms with Crippen LogP contribution in [0.1, 0.15) is 12.5 Å². The van der Waals surface area contributed by atoms with Crippen LogP contribution in [0.4, 0.5) is 5.82 Å². The van der Waals surface area contributed by atoms with Gasteiger partial charge in [-0.15, -0.1) is 11.3 Å². The minimum atomic E-state index is -0.0560. The fraction of sp³-hybridized carbons (Fsp3) is 0.227. The maximum absolute atomic E-state index is 12.1. The van der Waals surface area contributed by atoms with Crippen LogP contribution in [0.2, 0.25) is 5.02 Å². The molecule has 4 heterocycles. The van der Waals surface area contributed by atoms with Crippen LogP contribution >= 0.6 is 22.9 Å². The molecule has 1 aliphatic rings. The third kappa shape index (κ3) is 3.14. The first-order chi connectivity index (χ1) is 15.0. The number of aromatic nitrogens is 3. The number of nitrogen functional groups attached to an aromatic ring is 1. The van der Waals surface area contributed by atoms with E-state index in [0.29, 0.717) is 23.9 Å². The van der Waals surface area contributed by atoms with Crippen molar-refractivity contribution < 1.29 is 9.53 Å². The van der Waals surface area contributed by atoms with Crippen LogP contribution in [0, 0.1) is 0 Å². The molecule has 0 spiro atoms. The molecule has 1 saturated heterocycles. The first-order valence-corrected chi connectivity index (χ1v) is 11.0. The van der Waals surface area contributed by atoms with E-state index in [1.165, 1.54) is 12.4 Å². The number of nitrogens with zero attached hydrogens (tertiary/aromatic N) is 4. The van der Waals surface area contributed by atoms with Crippen molar-refractivity contribution >= 4 is 55.8 Å². The number of nitrogens with two attached hydrogens (primary N) is 1. The average Bonchev–Trinajstić information content (AvgIpc) is 3.50. The highest BCUT2D eigenvalue weighted by Crippen LogP contribution is 2.45. The van der Waals surface area contributed by atoms with Crippen molar-refractivity contribution in [2.45, 2.75) is 12.5 Å². The van der Waals surface area contributed by atoms with Gasteiger partial charge in [0.15, 0.2) is 0 Å². The van der Waals surface area contributed by atoms with E-state index in [2.05, 4.69) is 33.4 Å². The summed E-state index contributed by atoms with van der Waals surface area (Å²) in [5.41, 5.74) is 8.00. The van der Waals surface area contributed by atoms with Gasteiger partial charge in [-0.1, -0.05) is 18.2 Å². The van der Waals surface area contributed by atoms with Gasteiger partial charge in [-0.3, -0.25) is 4.79 Å². The molecular formula is C22H20ClN5O2S. The maximum atomic E-state index is 12.1. The summed E-state index contributed by atoms with van der Waals surface area (Å²) in [6, 6.07) is 5.86. The second kappa shape index (κ2) is 7.55. The Labute approximate surface area is 187 Å². The normalized spacial score (nSPS) is 16.3. The third-order valence-electron chi connectivity index (χ3n) is 5.76. The summed E-state index contributed by atoms with van der Waals surface area (Å²) < 4.78 is 8.62. The number of likely N-dealkylation sites (tertiary alicyclic amines) is 1. The minimum Gasteiger partial charge on any atom is -0.495 e. The average molecular weight is 454 g/mol. The molecule has 1 amide bonds. The zero-order chi connectivity index (χ0) is 21.7. The number of carbonyl (C=O) groups excluding carboxylic acids is 1. The lowest BCUT2D eigenvalue weighted by molar-refractivity contribution is -0.125. The summed E-state index contributed by atoms with van der Waals surface area (Å²) in [5.74, 6) is 1.14. The predicted molar refractivity (Wildman–Crippen MR) is 125 cm³/mol. The van der Waals surface area contributed by atoms with Gasteiger partial charge in [0.2, 0.25) is 5.91 Å². The van der Waals surface area contributed by atoms with Crippen LogP contribution in [-0.4, -0.2) is 45.5 Å². The summed E-state index contributed by atoms with van der Waals surface area (Å²) in [5, 5.41) is 2.40. The molecule has 4 aromatic rings. The molecule has 0 bridgehead atoms. The number of thiophene rings is 1. The van der Waals surface area contributed by atoms with E-state index in [4.69, 9.17) is 22.1 Å². The lowest BCUT2D eigenvalue weighted by Crippen LogP contribution is -2.27. The largest absolute Gasteiger partial charge is 0.495 e. The van der Waals surface area contributed by atoms with E-state index >= 15 is 0 Å². The molecule has 5 rings (SSSR count). The van der Waals surface area contributed by atoms with Crippen molar-refractivity contribution in [3.05, 3.63) is 48.4 Å². The highest BCUT2D eigenvalue weighted by Gasteiger charge is 2.29. The Kier molecular flexibility index (Phi) is 4.83. The van der Waals surface area contributed by atoms with Gasteiger partial charge in [-0.25, -0.2) is 9.97 Å². The summed E-state index contributed by atoms with van der Waals surface area (Å²) in [6.07, 6.45) is 5.73. The zero-order valence-electron chi connectivity index (χ0n) is 16.8. The third-order valence-corrected chi connectivity index (χ3v) is 7.27. The summed E-state index contributed by atoms with van der Waals surface area (Å²) in [4.78, 5) is 23.6. The number of benzene rings is 1. The molecule has 31 heavy (non-hydrogen) atoms. The molecule has 0 saturated carbocycles. The highest BCUT2D eigenvalue weighted by molar-refractivity contribution is 7.22. The number of ether oxygens (including phenoxy) is 1. The first kappa shape index (κ1) is 19.8. The quantitative estimate of drug-likeness (QED) is 0.459. The van der Waals surface area contributed by atoms with Crippen LogP contribution in [0.5, 0.6) is 5.75 Å². The number of hydrogen-bond donors (Lipinski definition) is 1. The molecule has 0 aliphatic carbocycles. The van der Waals surface area contributed by atoms with Crippen LogP contribution in [0.3, 0.4) is 0 Å². The number of amides is 1. The zero-order valence-corrected chi connectivity index (χ0v) is 18.4. The van der Waals surface area contributed by atoms with Gasteiger partial charge in [0.05, 0.1) is 23.2 Å². The van der Waals surface area contributed by atoms with E-state index in [1.807, 2.05) is 12.1 Å². The summed E-state index contributed by atoms with van der Waals surface area (Å²) >= 11 is 8.05. The van der Waals surface area contributed by atoms with Gasteiger partial charge in [-0.05, 0) is 30.7 Å². The molecular weight excluding hydrogens is 434 g/mol. The Bertz CT molecular complexity index is 1340. The Balaban J connectivity index is 1.67. The topological polar surface area (TPSA) is 86.3 Å². The number of anilines is 1. The van der Waals surface area contributed by atoms with Crippen molar-refractivity contribution in [2.24, 2.45) is 0 Å². The number of carbonyl (C=O) groups is 1. The Morgan fingerprint density at radius 3 is 3.03 bits per heavy atom. The summed E-state index contributed by atoms with van der Waals surface area (Å²) in [7, 11) is 1.65. The minimum absolute atomic E-state index is 0.0560. The molecule has 1 atom stereocenters. The molecule has 7 nitrogen and oxygen atoms in total. The van der Waals surface area contributed by atoms with Gasteiger partial charge in [0, 0.05) is 40.1 Å². The van der Waals surface area contributed by atoms with Gasteiger partial charge >= 0.3 is 0 Å². The maximum Gasteiger partial charge on any atom is 0.246 e. The van der Waals surface area contributed by atoms with Gasteiger partial charge in [0.1, 0.15) is 23.5 Å². The van der Waals surface area contributed by atoms with E-state index < -0.39 is 0 Å². The predicted octanol–water partition coefficient (Wildman–Crippen LogP) is 4.52. The van der Waals surface area contributed by atoms with E-state index in [-0.39, 0.29) is 11.9 Å². The van der Waals surface area contributed by atoms with Crippen molar-refractivity contribution in [3.63, 3.8) is 0 Å². The second-order valence-electron chi connectivity index (χ2n) is 7.44. The van der Waals surface area contributed by atoms with Crippen molar-refractivity contribution in [1.82, 2.24) is 19.4 Å². The first-order valence-electron chi connectivity index (χ1n) is 9.80. The van der Waals surface area contributed by atoms with Crippen LogP contribution < -0.4 is 10.5 Å². The van der Waals surface area contributed by atoms with Gasteiger partial charge in [-0.2, -0.15) is 0 Å². The van der Waals surface area contributed by atoms with E-state index in [0.717, 1.165) is 43.7 Å². The lowest BCUT2D eigenvalue weighted by Gasteiger charge is -2.15. The number of fused-ring (bicyclic) bond motifs is 2. The molecule has 1 aromatic carbocycles. The van der Waals surface area contributed by atoms with Crippen LogP contribution in [0.15, 0.2) is 43.4 Å². The van der Waals surface area contributed by atoms with Crippen molar-refractivity contribution in [1.29, 1.82) is 0 Å². The fourth-order valence-electron chi connectivity index (χ4n) is 4.23. The second-order valence-corrected chi connectivity index (χ2v) is 8.90. The molecule has 3 aromatic heterocycles. The molecule has 1 aliphatic heterocycles. The molecule has 2 N–H and O–H groups in total. The fourth-order valence-corrected chi connectivity index (χ4v) is 5.69. The Morgan fingerprint density at radius 2 is 2.26 bits per heavy atom. The smallest absolute Gasteiger partial charge is 0.246 e. The molecule has 158 valence electrons. The molecule has 9 heteroatoms. The summed E-state index contributed by atoms with van der Waals surface area (Å²) in [6.45, 7) is 4.88.